The molecular weight excluding hydrogens is 292 g/mol. The molecule has 90 valence electrons. The molecule has 0 radical (unpaired) electrons. The molecular formula is C12H16BrClFN. The van der Waals surface area contributed by atoms with Gasteiger partial charge in [0.05, 0.1) is 4.47 Å². The molecule has 0 aliphatic heterocycles. The zero-order chi connectivity index (χ0) is 12.0. The molecule has 0 saturated heterocycles. The van der Waals surface area contributed by atoms with E-state index in [9.17, 15) is 4.39 Å². The van der Waals surface area contributed by atoms with Crippen LogP contribution in [0, 0.1) is 5.82 Å². The summed E-state index contributed by atoms with van der Waals surface area (Å²) in [6.45, 7) is 3.49. The van der Waals surface area contributed by atoms with E-state index in [2.05, 4.69) is 28.2 Å². The quantitative estimate of drug-likeness (QED) is 0.781. The number of benzene rings is 1. The van der Waals surface area contributed by atoms with Crippen molar-refractivity contribution in [2.45, 2.75) is 31.7 Å². The van der Waals surface area contributed by atoms with Crippen LogP contribution < -0.4 is 5.32 Å². The number of halogens is 3. The predicted octanol–water partition coefficient (Wildman–Crippen LogP) is 4.09. The Kier molecular flexibility index (Phi) is 6.32. The van der Waals surface area contributed by atoms with Gasteiger partial charge in [-0.1, -0.05) is 25.5 Å². The Morgan fingerprint density at radius 3 is 2.94 bits per heavy atom. The van der Waals surface area contributed by atoms with E-state index in [1.807, 2.05) is 6.07 Å². The van der Waals surface area contributed by atoms with Gasteiger partial charge in [-0.2, -0.15) is 0 Å². The SMILES string of the molecule is CCCC(Cl)CNCc1cccc(F)c1Br. The van der Waals surface area contributed by atoms with Gasteiger partial charge >= 0.3 is 0 Å². The molecule has 0 spiro atoms. The monoisotopic (exact) mass is 307 g/mol. The van der Waals surface area contributed by atoms with Crippen molar-refractivity contribution in [3.8, 4) is 0 Å². The molecule has 0 amide bonds. The van der Waals surface area contributed by atoms with E-state index in [1.165, 1.54) is 6.07 Å². The lowest BCUT2D eigenvalue weighted by Gasteiger charge is -2.10. The Balaban J connectivity index is 2.40. The third-order valence-electron chi connectivity index (χ3n) is 2.31. The largest absolute Gasteiger partial charge is 0.311 e. The minimum absolute atomic E-state index is 0.150. The molecule has 0 aliphatic carbocycles. The Labute approximate surface area is 110 Å². The van der Waals surface area contributed by atoms with E-state index in [1.54, 1.807) is 6.07 Å². The number of hydrogen-bond donors (Lipinski definition) is 1. The average molecular weight is 309 g/mol. The van der Waals surface area contributed by atoms with E-state index in [0.29, 0.717) is 11.0 Å². The standard InChI is InChI=1S/C12H16BrClFN/c1-2-4-10(14)8-16-7-9-5-3-6-11(15)12(9)13/h3,5-6,10,16H,2,4,7-8H2,1H3. The fourth-order valence-corrected chi connectivity index (χ4v) is 2.20. The highest BCUT2D eigenvalue weighted by Crippen LogP contribution is 2.20. The van der Waals surface area contributed by atoms with Crippen LogP contribution in [-0.4, -0.2) is 11.9 Å². The summed E-state index contributed by atoms with van der Waals surface area (Å²) in [6, 6.07) is 5.04. The molecule has 0 aromatic heterocycles. The fraction of sp³-hybridized carbons (Fsp3) is 0.500. The third-order valence-corrected chi connectivity index (χ3v) is 3.58. The maximum absolute atomic E-state index is 13.2. The molecule has 1 N–H and O–H groups in total. The summed E-state index contributed by atoms with van der Waals surface area (Å²) in [5.74, 6) is -0.227. The lowest BCUT2D eigenvalue weighted by Crippen LogP contribution is -2.23. The van der Waals surface area contributed by atoms with Crippen molar-refractivity contribution in [3.05, 3.63) is 34.1 Å². The second-order valence-corrected chi connectivity index (χ2v) is 5.14. The Morgan fingerprint density at radius 2 is 2.25 bits per heavy atom. The summed E-state index contributed by atoms with van der Waals surface area (Å²) in [5.41, 5.74) is 0.917. The first-order valence-electron chi connectivity index (χ1n) is 5.42. The molecule has 1 nitrogen and oxygen atoms in total. The molecule has 4 heteroatoms. The molecule has 0 heterocycles. The second kappa shape index (κ2) is 7.25. The predicted molar refractivity (Wildman–Crippen MR) is 70.4 cm³/mol. The first-order chi connectivity index (χ1) is 7.65. The van der Waals surface area contributed by atoms with E-state index in [-0.39, 0.29) is 11.2 Å². The van der Waals surface area contributed by atoms with Gasteiger partial charge in [0.1, 0.15) is 5.82 Å². The maximum atomic E-state index is 13.2. The molecule has 1 aromatic rings. The average Bonchev–Trinajstić information content (AvgIpc) is 2.25. The number of hydrogen-bond acceptors (Lipinski definition) is 1. The first kappa shape index (κ1) is 13.9. The van der Waals surface area contributed by atoms with Crippen molar-refractivity contribution >= 4 is 27.5 Å². The van der Waals surface area contributed by atoms with Crippen LogP contribution in [-0.2, 0) is 6.54 Å². The molecule has 1 atom stereocenters. The van der Waals surface area contributed by atoms with Gasteiger partial charge in [0, 0.05) is 18.5 Å². The number of rotatable bonds is 6. The van der Waals surface area contributed by atoms with Crippen LogP contribution in [0.2, 0.25) is 0 Å². The summed E-state index contributed by atoms with van der Waals surface area (Å²) in [5, 5.41) is 3.38. The fourth-order valence-electron chi connectivity index (χ4n) is 1.46. The van der Waals surface area contributed by atoms with Crippen LogP contribution in [0.5, 0.6) is 0 Å². The van der Waals surface area contributed by atoms with Gasteiger partial charge in [-0.3, -0.25) is 0 Å². The normalized spacial score (nSPS) is 12.8. The van der Waals surface area contributed by atoms with Crippen molar-refractivity contribution in [1.82, 2.24) is 5.32 Å². The first-order valence-corrected chi connectivity index (χ1v) is 6.65. The minimum Gasteiger partial charge on any atom is -0.311 e. The summed E-state index contributed by atoms with van der Waals surface area (Å²) < 4.78 is 13.7. The molecule has 0 bridgehead atoms. The van der Waals surface area contributed by atoms with Crippen LogP contribution in [0.4, 0.5) is 4.39 Å². The van der Waals surface area contributed by atoms with Gasteiger partial charge in [-0.05, 0) is 34.0 Å². The summed E-state index contributed by atoms with van der Waals surface area (Å²) in [4.78, 5) is 0. The maximum Gasteiger partial charge on any atom is 0.137 e. The smallest absolute Gasteiger partial charge is 0.137 e. The number of nitrogens with one attached hydrogen (secondary N) is 1. The highest BCUT2D eigenvalue weighted by Gasteiger charge is 2.06. The molecule has 16 heavy (non-hydrogen) atoms. The van der Waals surface area contributed by atoms with Crippen LogP contribution >= 0.6 is 27.5 Å². The lowest BCUT2D eigenvalue weighted by atomic mass is 10.2. The topological polar surface area (TPSA) is 12.0 Å². The van der Waals surface area contributed by atoms with Crippen molar-refractivity contribution in [2.24, 2.45) is 0 Å². The van der Waals surface area contributed by atoms with Gasteiger partial charge < -0.3 is 5.32 Å². The van der Waals surface area contributed by atoms with Crippen LogP contribution in [0.15, 0.2) is 22.7 Å². The van der Waals surface area contributed by atoms with Crippen LogP contribution in [0.1, 0.15) is 25.3 Å². The zero-order valence-corrected chi connectivity index (χ0v) is 11.6. The third kappa shape index (κ3) is 4.40. The highest BCUT2D eigenvalue weighted by molar-refractivity contribution is 9.10. The van der Waals surface area contributed by atoms with Crippen LogP contribution in [0.25, 0.3) is 0 Å². The second-order valence-electron chi connectivity index (χ2n) is 3.73. The molecule has 0 fully saturated rings. The van der Waals surface area contributed by atoms with Gasteiger partial charge in [0.2, 0.25) is 0 Å². The van der Waals surface area contributed by atoms with E-state index in [0.717, 1.165) is 24.9 Å². The Bertz CT molecular complexity index is 333. The van der Waals surface area contributed by atoms with Gasteiger partial charge in [-0.15, -0.1) is 11.6 Å². The molecule has 0 saturated carbocycles. The molecule has 1 aromatic carbocycles. The zero-order valence-electron chi connectivity index (χ0n) is 9.27. The van der Waals surface area contributed by atoms with Gasteiger partial charge in [0.15, 0.2) is 0 Å². The van der Waals surface area contributed by atoms with Crippen molar-refractivity contribution < 1.29 is 4.39 Å². The molecule has 1 unspecified atom stereocenters. The summed E-state index contributed by atoms with van der Waals surface area (Å²) >= 11 is 9.30. The van der Waals surface area contributed by atoms with E-state index < -0.39 is 0 Å². The highest BCUT2D eigenvalue weighted by atomic mass is 79.9. The van der Waals surface area contributed by atoms with Crippen molar-refractivity contribution in [3.63, 3.8) is 0 Å². The Hall–Kier alpha value is -0.120. The van der Waals surface area contributed by atoms with Crippen molar-refractivity contribution in [2.75, 3.05) is 6.54 Å². The Morgan fingerprint density at radius 1 is 1.50 bits per heavy atom. The van der Waals surface area contributed by atoms with Crippen molar-refractivity contribution in [1.29, 1.82) is 0 Å². The lowest BCUT2D eigenvalue weighted by molar-refractivity contribution is 0.602. The molecule has 0 aliphatic rings. The number of alkyl halides is 1. The van der Waals surface area contributed by atoms with E-state index in [4.69, 9.17) is 11.6 Å². The summed E-state index contributed by atoms with van der Waals surface area (Å²) in [6.07, 6.45) is 2.08. The summed E-state index contributed by atoms with van der Waals surface area (Å²) in [7, 11) is 0. The van der Waals surface area contributed by atoms with Gasteiger partial charge in [0.25, 0.3) is 0 Å². The van der Waals surface area contributed by atoms with Gasteiger partial charge in [-0.25, -0.2) is 4.39 Å². The molecule has 1 rings (SSSR count). The van der Waals surface area contributed by atoms with E-state index >= 15 is 0 Å². The van der Waals surface area contributed by atoms with Crippen LogP contribution in [0.3, 0.4) is 0 Å². The minimum atomic E-state index is -0.227.